The van der Waals surface area contributed by atoms with E-state index in [1.807, 2.05) is 11.3 Å². The van der Waals surface area contributed by atoms with Crippen molar-refractivity contribution in [3.63, 3.8) is 0 Å². The molecule has 1 heterocycles. The van der Waals surface area contributed by atoms with Crippen molar-refractivity contribution in [1.29, 1.82) is 0 Å². The Hall–Kier alpha value is -0.990. The third-order valence-corrected chi connectivity index (χ3v) is 4.44. The maximum Gasteiger partial charge on any atom is 0.0474 e. The minimum Gasteiger partial charge on any atom is -0.372 e. The second kappa shape index (κ2) is 6.26. The molecule has 0 aliphatic heterocycles. The highest BCUT2D eigenvalue weighted by atomic mass is 35.5. The molecular weight excluding hydrogens is 262 g/mol. The van der Waals surface area contributed by atoms with Crippen molar-refractivity contribution in [2.24, 2.45) is 0 Å². The van der Waals surface area contributed by atoms with Gasteiger partial charge in [-0.2, -0.15) is 0 Å². The first-order chi connectivity index (χ1) is 8.70. The van der Waals surface area contributed by atoms with Gasteiger partial charge in [-0.1, -0.05) is 18.2 Å². The molecule has 1 aromatic carbocycles. The lowest BCUT2D eigenvalue weighted by atomic mass is 10.1. The van der Waals surface area contributed by atoms with E-state index in [0.29, 0.717) is 11.9 Å². The second-order valence-corrected chi connectivity index (χ2v) is 5.84. The summed E-state index contributed by atoms with van der Waals surface area (Å²) < 4.78 is 0. The molecule has 1 aromatic heterocycles. The molecule has 0 N–H and O–H groups in total. The average Bonchev–Trinajstić information content (AvgIpc) is 2.91. The van der Waals surface area contributed by atoms with Gasteiger partial charge in [0.2, 0.25) is 0 Å². The molecule has 0 fully saturated rings. The summed E-state index contributed by atoms with van der Waals surface area (Å²) in [6.07, 6.45) is 1.09. The fourth-order valence-electron chi connectivity index (χ4n) is 1.93. The van der Waals surface area contributed by atoms with Gasteiger partial charge in [-0.05, 0) is 36.1 Å². The molecule has 1 atom stereocenters. The summed E-state index contributed by atoms with van der Waals surface area (Å²) in [7, 11) is 2.15. The summed E-state index contributed by atoms with van der Waals surface area (Å²) in [6, 6.07) is 13.3. The third kappa shape index (κ3) is 3.27. The standard InChI is InChI=1S/C15H18ClNS/c1-12(10-15-4-3-9-18-15)17(2)14-7-5-13(11-16)6-8-14/h3-9,12H,10-11H2,1-2H3. The molecule has 0 radical (unpaired) electrons. The van der Waals surface area contributed by atoms with Gasteiger partial charge in [0, 0.05) is 36.0 Å². The third-order valence-electron chi connectivity index (χ3n) is 3.24. The molecule has 0 saturated carbocycles. The molecular formula is C15H18ClNS. The number of nitrogens with zero attached hydrogens (tertiary/aromatic N) is 1. The Balaban J connectivity index is 2.02. The van der Waals surface area contributed by atoms with E-state index in [-0.39, 0.29) is 0 Å². The van der Waals surface area contributed by atoms with Crippen LogP contribution < -0.4 is 4.90 Å². The molecule has 3 heteroatoms. The van der Waals surface area contributed by atoms with Gasteiger partial charge >= 0.3 is 0 Å². The van der Waals surface area contributed by atoms with Crippen molar-refractivity contribution in [2.75, 3.05) is 11.9 Å². The van der Waals surface area contributed by atoms with E-state index in [1.165, 1.54) is 16.1 Å². The maximum absolute atomic E-state index is 5.80. The lowest BCUT2D eigenvalue weighted by Crippen LogP contribution is -2.30. The molecule has 0 saturated heterocycles. The van der Waals surface area contributed by atoms with Gasteiger partial charge < -0.3 is 4.90 Å². The Morgan fingerprint density at radius 1 is 1.22 bits per heavy atom. The fraction of sp³-hybridized carbons (Fsp3) is 0.333. The summed E-state index contributed by atoms with van der Waals surface area (Å²) in [5.41, 5.74) is 2.41. The van der Waals surface area contributed by atoms with Gasteiger partial charge in [0.25, 0.3) is 0 Å². The van der Waals surface area contributed by atoms with Crippen LogP contribution in [0.5, 0.6) is 0 Å². The Morgan fingerprint density at radius 3 is 2.50 bits per heavy atom. The Morgan fingerprint density at radius 2 is 1.94 bits per heavy atom. The molecule has 96 valence electrons. The van der Waals surface area contributed by atoms with Crippen LogP contribution in [-0.2, 0) is 12.3 Å². The number of hydrogen-bond donors (Lipinski definition) is 0. The van der Waals surface area contributed by atoms with Crippen molar-refractivity contribution >= 4 is 28.6 Å². The SMILES string of the molecule is CC(Cc1cccs1)N(C)c1ccc(CCl)cc1. The van der Waals surface area contributed by atoms with E-state index >= 15 is 0 Å². The maximum atomic E-state index is 5.80. The number of alkyl halides is 1. The lowest BCUT2D eigenvalue weighted by molar-refractivity contribution is 0.688. The molecule has 0 spiro atoms. The van der Waals surface area contributed by atoms with Gasteiger partial charge in [0.1, 0.15) is 0 Å². The summed E-state index contributed by atoms with van der Waals surface area (Å²) in [5, 5.41) is 2.14. The van der Waals surface area contributed by atoms with Crippen LogP contribution in [0.1, 0.15) is 17.4 Å². The predicted octanol–water partition coefficient (Wildman–Crippen LogP) is 4.55. The van der Waals surface area contributed by atoms with Gasteiger partial charge in [0.15, 0.2) is 0 Å². The Labute approximate surface area is 118 Å². The smallest absolute Gasteiger partial charge is 0.0474 e. The van der Waals surface area contributed by atoms with Crippen LogP contribution in [-0.4, -0.2) is 13.1 Å². The highest BCUT2D eigenvalue weighted by Crippen LogP contribution is 2.20. The van der Waals surface area contributed by atoms with Crippen molar-refractivity contribution in [3.05, 3.63) is 52.2 Å². The van der Waals surface area contributed by atoms with Gasteiger partial charge in [0.05, 0.1) is 0 Å². The van der Waals surface area contributed by atoms with Crippen LogP contribution in [0.4, 0.5) is 5.69 Å². The van der Waals surface area contributed by atoms with Gasteiger partial charge in [-0.25, -0.2) is 0 Å². The van der Waals surface area contributed by atoms with E-state index in [0.717, 1.165) is 6.42 Å². The normalized spacial score (nSPS) is 12.4. The van der Waals surface area contributed by atoms with Crippen LogP contribution >= 0.6 is 22.9 Å². The molecule has 1 unspecified atom stereocenters. The summed E-state index contributed by atoms with van der Waals surface area (Å²) in [6.45, 7) is 2.26. The lowest BCUT2D eigenvalue weighted by Gasteiger charge is -2.27. The monoisotopic (exact) mass is 279 g/mol. The van der Waals surface area contributed by atoms with Gasteiger partial charge in [-0.15, -0.1) is 22.9 Å². The minimum absolute atomic E-state index is 0.491. The zero-order valence-electron chi connectivity index (χ0n) is 10.8. The number of hydrogen-bond acceptors (Lipinski definition) is 2. The van der Waals surface area contributed by atoms with E-state index in [1.54, 1.807) is 0 Å². The van der Waals surface area contributed by atoms with Crippen LogP contribution in [0.15, 0.2) is 41.8 Å². The largest absolute Gasteiger partial charge is 0.372 e. The number of halogens is 1. The first-order valence-electron chi connectivity index (χ1n) is 6.11. The summed E-state index contributed by atoms with van der Waals surface area (Å²) in [4.78, 5) is 3.75. The van der Waals surface area contributed by atoms with E-state index in [9.17, 15) is 0 Å². The quantitative estimate of drug-likeness (QED) is 0.726. The summed E-state index contributed by atoms with van der Waals surface area (Å²) >= 11 is 7.63. The van der Waals surface area contributed by atoms with E-state index in [2.05, 4.69) is 60.6 Å². The zero-order valence-corrected chi connectivity index (χ0v) is 12.3. The van der Waals surface area contributed by atoms with Crippen molar-refractivity contribution in [2.45, 2.75) is 25.3 Å². The van der Waals surface area contributed by atoms with Crippen LogP contribution in [0.3, 0.4) is 0 Å². The second-order valence-electron chi connectivity index (χ2n) is 4.54. The molecule has 0 amide bonds. The average molecular weight is 280 g/mol. The highest BCUT2D eigenvalue weighted by Gasteiger charge is 2.11. The van der Waals surface area contributed by atoms with Crippen molar-refractivity contribution in [3.8, 4) is 0 Å². The predicted molar refractivity (Wildman–Crippen MR) is 81.9 cm³/mol. The molecule has 1 nitrogen and oxygen atoms in total. The first-order valence-corrected chi connectivity index (χ1v) is 7.52. The zero-order chi connectivity index (χ0) is 13.0. The molecule has 18 heavy (non-hydrogen) atoms. The van der Waals surface area contributed by atoms with Crippen LogP contribution in [0.2, 0.25) is 0 Å². The van der Waals surface area contributed by atoms with Crippen LogP contribution in [0, 0.1) is 0 Å². The van der Waals surface area contributed by atoms with Crippen molar-refractivity contribution < 1.29 is 0 Å². The molecule has 0 aliphatic rings. The first kappa shape index (κ1) is 13.4. The Kier molecular flexibility index (Phi) is 4.67. The molecule has 2 rings (SSSR count). The topological polar surface area (TPSA) is 3.24 Å². The van der Waals surface area contributed by atoms with E-state index in [4.69, 9.17) is 11.6 Å². The number of likely N-dealkylation sites (N-methyl/N-ethyl adjacent to an activating group) is 1. The fourth-order valence-corrected chi connectivity index (χ4v) is 2.94. The van der Waals surface area contributed by atoms with Crippen molar-refractivity contribution in [1.82, 2.24) is 0 Å². The highest BCUT2D eigenvalue weighted by molar-refractivity contribution is 7.09. The summed E-state index contributed by atoms with van der Waals surface area (Å²) in [5.74, 6) is 0.578. The number of anilines is 1. The van der Waals surface area contributed by atoms with Gasteiger partial charge in [-0.3, -0.25) is 0 Å². The number of rotatable bonds is 5. The molecule has 2 aromatic rings. The molecule has 0 aliphatic carbocycles. The van der Waals surface area contributed by atoms with Crippen LogP contribution in [0.25, 0.3) is 0 Å². The number of thiophene rings is 1. The Bertz CT molecular complexity index is 464. The van der Waals surface area contributed by atoms with E-state index < -0.39 is 0 Å². The molecule has 0 bridgehead atoms. The number of benzene rings is 1. The minimum atomic E-state index is 0.491.